The summed E-state index contributed by atoms with van der Waals surface area (Å²) in [6.45, 7) is 5.97. The average Bonchev–Trinajstić information content (AvgIpc) is 2.41. The van der Waals surface area contributed by atoms with E-state index in [2.05, 4.69) is 9.82 Å². The fraction of sp³-hybridized carbons (Fsp3) is 0.700. The topological polar surface area (TPSA) is 64.0 Å². The Hall–Kier alpha value is -0.880. The maximum atomic E-state index is 12.0. The van der Waals surface area contributed by atoms with Crippen LogP contribution in [0.5, 0.6) is 0 Å². The SMILES string of the molecule is CCCCNS(=O)(=O)c1c(C)nn(C)c1C. The molecule has 0 aliphatic heterocycles. The third kappa shape index (κ3) is 2.62. The van der Waals surface area contributed by atoms with Crippen molar-refractivity contribution in [1.82, 2.24) is 14.5 Å². The molecule has 0 amide bonds. The molecule has 0 radical (unpaired) electrons. The molecule has 0 atom stereocenters. The van der Waals surface area contributed by atoms with E-state index in [1.54, 1.807) is 25.6 Å². The summed E-state index contributed by atoms with van der Waals surface area (Å²) in [6, 6.07) is 0. The van der Waals surface area contributed by atoms with Crippen LogP contribution >= 0.6 is 0 Å². The number of hydrogen-bond acceptors (Lipinski definition) is 3. The van der Waals surface area contributed by atoms with Crippen molar-refractivity contribution in [3.8, 4) is 0 Å². The van der Waals surface area contributed by atoms with Crippen LogP contribution in [0.25, 0.3) is 0 Å². The van der Waals surface area contributed by atoms with Gasteiger partial charge in [-0.25, -0.2) is 13.1 Å². The van der Waals surface area contributed by atoms with Crippen LogP contribution in [0.4, 0.5) is 0 Å². The van der Waals surface area contributed by atoms with Gasteiger partial charge in [0.1, 0.15) is 4.90 Å². The summed E-state index contributed by atoms with van der Waals surface area (Å²) in [7, 11) is -1.66. The van der Waals surface area contributed by atoms with E-state index in [-0.39, 0.29) is 0 Å². The van der Waals surface area contributed by atoms with E-state index in [1.807, 2.05) is 6.92 Å². The molecule has 0 fully saturated rings. The smallest absolute Gasteiger partial charge is 0.244 e. The lowest BCUT2D eigenvalue weighted by Gasteiger charge is -2.06. The highest BCUT2D eigenvalue weighted by Crippen LogP contribution is 2.17. The molecule has 5 nitrogen and oxygen atoms in total. The quantitative estimate of drug-likeness (QED) is 0.790. The van der Waals surface area contributed by atoms with Gasteiger partial charge in [-0.3, -0.25) is 4.68 Å². The molecule has 6 heteroatoms. The lowest BCUT2D eigenvalue weighted by atomic mass is 10.3. The Morgan fingerprint density at radius 1 is 1.38 bits per heavy atom. The van der Waals surface area contributed by atoms with Gasteiger partial charge < -0.3 is 0 Å². The maximum Gasteiger partial charge on any atom is 0.244 e. The predicted molar refractivity (Wildman–Crippen MR) is 62.8 cm³/mol. The molecule has 1 aromatic heterocycles. The molecule has 0 saturated heterocycles. The Morgan fingerprint density at radius 3 is 2.44 bits per heavy atom. The Kier molecular flexibility index (Phi) is 4.09. The first-order chi connectivity index (χ1) is 7.40. The van der Waals surface area contributed by atoms with E-state index in [0.717, 1.165) is 12.8 Å². The van der Waals surface area contributed by atoms with Crippen molar-refractivity contribution in [3.63, 3.8) is 0 Å². The van der Waals surface area contributed by atoms with Gasteiger partial charge in [0.25, 0.3) is 0 Å². The second-order valence-electron chi connectivity index (χ2n) is 3.87. The van der Waals surface area contributed by atoms with Crippen LogP contribution in [-0.4, -0.2) is 24.7 Å². The van der Waals surface area contributed by atoms with Crippen LogP contribution in [-0.2, 0) is 17.1 Å². The molecule has 0 spiro atoms. The van der Waals surface area contributed by atoms with Gasteiger partial charge in [0.2, 0.25) is 10.0 Å². The lowest BCUT2D eigenvalue weighted by Crippen LogP contribution is -2.25. The number of aromatic nitrogens is 2. The zero-order chi connectivity index (χ0) is 12.3. The van der Waals surface area contributed by atoms with E-state index in [0.29, 0.717) is 22.8 Å². The van der Waals surface area contributed by atoms with Crippen molar-refractivity contribution in [2.24, 2.45) is 7.05 Å². The van der Waals surface area contributed by atoms with Crippen LogP contribution in [0.15, 0.2) is 4.90 Å². The van der Waals surface area contributed by atoms with Crippen LogP contribution in [0, 0.1) is 13.8 Å². The van der Waals surface area contributed by atoms with Gasteiger partial charge in [-0.05, 0) is 20.3 Å². The first kappa shape index (κ1) is 13.2. The second-order valence-corrected chi connectivity index (χ2v) is 5.58. The van der Waals surface area contributed by atoms with Gasteiger partial charge in [0.05, 0.1) is 11.4 Å². The fourth-order valence-corrected chi connectivity index (χ4v) is 3.11. The Labute approximate surface area is 96.9 Å². The van der Waals surface area contributed by atoms with Gasteiger partial charge in [-0.15, -0.1) is 0 Å². The minimum Gasteiger partial charge on any atom is -0.271 e. The highest BCUT2D eigenvalue weighted by molar-refractivity contribution is 7.89. The first-order valence-corrected chi connectivity index (χ1v) is 6.88. The molecular weight excluding hydrogens is 226 g/mol. The van der Waals surface area contributed by atoms with Crippen LogP contribution in [0.3, 0.4) is 0 Å². The van der Waals surface area contributed by atoms with Crippen LogP contribution < -0.4 is 4.72 Å². The van der Waals surface area contributed by atoms with Crippen molar-refractivity contribution in [2.45, 2.75) is 38.5 Å². The molecular formula is C10H19N3O2S. The molecule has 1 N–H and O–H groups in total. The largest absolute Gasteiger partial charge is 0.271 e. The molecule has 0 bridgehead atoms. The summed E-state index contributed by atoms with van der Waals surface area (Å²) in [5.41, 5.74) is 1.21. The molecule has 1 rings (SSSR count). The number of nitrogens with one attached hydrogen (secondary N) is 1. The van der Waals surface area contributed by atoms with Crippen molar-refractivity contribution in [1.29, 1.82) is 0 Å². The summed E-state index contributed by atoms with van der Waals surface area (Å²) < 4.78 is 28.2. The first-order valence-electron chi connectivity index (χ1n) is 5.40. The van der Waals surface area contributed by atoms with Crippen molar-refractivity contribution >= 4 is 10.0 Å². The Bertz CT molecular complexity index is 463. The standard InChI is InChI=1S/C10H19N3O2S/c1-5-6-7-11-16(14,15)10-8(2)12-13(4)9(10)3/h11H,5-7H2,1-4H3. The molecule has 0 saturated carbocycles. The molecule has 1 heterocycles. The zero-order valence-corrected chi connectivity index (χ0v) is 11.1. The molecule has 92 valence electrons. The van der Waals surface area contributed by atoms with Gasteiger partial charge in [0, 0.05) is 13.6 Å². The van der Waals surface area contributed by atoms with Gasteiger partial charge in [0.15, 0.2) is 0 Å². The molecule has 1 aromatic rings. The Balaban J connectivity index is 2.98. The number of nitrogens with zero attached hydrogens (tertiary/aromatic N) is 2. The van der Waals surface area contributed by atoms with E-state index in [9.17, 15) is 8.42 Å². The molecule has 0 aromatic carbocycles. The summed E-state index contributed by atoms with van der Waals surface area (Å²) in [5, 5.41) is 4.10. The minimum absolute atomic E-state index is 0.311. The highest BCUT2D eigenvalue weighted by atomic mass is 32.2. The normalized spacial score (nSPS) is 12.0. The van der Waals surface area contributed by atoms with Crippen LogP contribution in [0.2, 0.25) is 0 Å². The van der Waals surface area contributed by atoms with Crippen molar-refractivity contribution in [2.75, 3.05) is 6.54 Å². The van der Waals surface area contributed by atoms with Gasteiger partial charge in [-0.1, -0.05) is 13.3 Å². The number of rotatable bonds is 5. The van der Waals surface area contributed by atoms with Crippen molar-refractivity contribution < 1.29 is 8.42 Å². The maximum absolute atomic E-state index is 12.0. The van der Waals surface area contributed by atoms with Gasteiger partial charge >= 0.3 is 0 Å². The summed E-state index contributed by atoms with van der Waals surface area (Å²) in [4.78, 5) is 0.311. The lowest BCUT2D eigenvalue weighted by molar-refractivity contribution is 0.577. The monoisotopic (exact) mass is 245 g/mol. The number of hydrogen-bond donors (Lipinski definition) is 1. The Morgan fingerprint density at radius 2 is 2.00 bits per heavy atom. The zero-order valence-electron chi connectivity index (χ0n) is 10.2. The van der Waals surface area contributed by atoms with E-state index in [1.165, 1.54) is 0 Å². The second kappa shape index (κ2) is 4.97. The summed E-state index contributed by atoms with van der Waals surface area (Å²) in [5.74, 6) is 0. The van der Waals surface area contributed by atoms with Crippen LogP contribution in [0.1, 0.15) is 31.2 Å². The number of unbranched alkanes of at least 4 members (excludes halogenated alkanes) is 1. The van der Waals surface area contributed by atoms with Gasteiger partial charge in [-0.2, -0.15) is 5.10 Å². The van der Waals surface area contributed by atoms with E-state index >= 15 is 0 Å². The summed E-state index contributed by atoms with van der Waals surface area (Å²) in [6.07, 6.45) is 1.81. The third-order valence-corrected chi connectivity index (χ3v) is 4.25. The third-order valence-electron chi connectivity index (χ3n) is 2.53. The minimum atomic E-state index is -3.41. The fourth-order valence-electron chi connectivity index (χ4n) is 1.60. The summed E-state index contributed by atoms with van der Waals surface area (Å²) >= 11 is 0. The molecule has 16 heavy (non-hydrogen) atoms. The van der Waals surface area contributed by atoms with E-state index in [4.69, 9.17) is 0 Å². The molecule has 0 unspecified atom stereocenters. The highest BCUT2D eigenvalue weighted by Gasteiger charge is 2.22. The van der Waals surface area contributed by atoms with E-state index < -0.39 is 10.0 Å². The predicted octanol–water partition coefficient (Wildman–Crippen LogP) is 1.12. The molecule has 0 aliphatic carbocycles. The number of sulfonamides is 1. The molecule has 0 aliphatic rings. The number of aryl methyl sites for hydroxylation is 2. The van der Waals surface area contributed by atoms with Crippen molar-refractivity contribution in [3.05, 3.63) is 11.4 Å². The average molecular weight is 245 g/mol.